The van der Waals surface area contributed by atoms with E-state index in [9.17, 15) is 4.79 Å². The number of amides is 1. The van der Waals surface area contributed by atoms with E-state index >= 15 is 0 Å². The van der Waals surface area contributed by atoms with Crippen LogP contribution in [0.5, 0.6) is 11.5 Å². The van der Waals surface area contributed by atoms with Crippen molar-refractivity contribution in [3.8, 4) is 11.5 Å². The fourth-order valence-electron chi connectivity index (χ4n) is 2.81. The summed E-state index contributed by atoms with van der Waals surface area (Å²) in [5.41, 5.74) is 7.61. The summed E-state index contributed by atoms with van der Waals surface area (Å²) in [7, 11) is 3.18. The third-order valence-electron chi connectivity index (χ3n) is 4.39. The minimum atomic E-state index is 0.209. The van der Waals surface area contributed by atoms with Crippen LogP contribution in [0.1, 0.15) is 31.7 Å². The van der Waals surface area contributed by atoms with Gasteiger partial charge in [-0.05, 0) is 36.8 Å². The number of nitrogen functional groups attached to an aromatic ring is 1. The van der Waals surface area contributed by atoms with Crippen LogP contribution in [0.15, 0.2) is 12.1 Å². The van der Waals surface area contributed by atoms with E-state index in [-0.39, 0.29) is 5.91 Å². The van der Waals surface area contributed by atoms with E-state index in [4.69, 9.17) is 15.2 Å². The lowest BCUT2D eigenvalue weighted by Crippen LogP contribution is -2.38. The van der Waals surface area contributed by atoms with Gasteiger partial charge in [0, 0.05) is 31.3 Å². The summed E-state index contributed by atoms with van der Waals surface area (Å²) in [4.78, 5) is 14.3. The summed E-state index contributed by atoms with van der Waals surface area (Å²) in [6.45, 7) is 4.00. The van der Waals surface area contributed by atoms with E-state index < -0.39 is 0 Å². The van der Waals surface area contributed by atoms with Gasteiger partial charge in [-0.1, -0.05) is 6.92 Å². The van der Waals surface area contributed by atoms with Crippen LogP contribution in [0.3, 0.4) is 0 Å². The predicted octanol–water partition coefficient (Wildman–Crippen LogP) is 2.48. The van der Waals surface area contributed by atoms with E-state index in [1.807, 2.05) is 11.0 Å². The summed E-state index contributed by atoms with van der Waals surface area (Å²) < 4.78 is 10.5. The molecule has 1 aliphatic rings. The first-order valence-electron chi connectivity index (χ1n) is 7.83. The number of rotatable bonds is 5. The highest BCUT2D eigenvalue weighted by Crippen LogP contribution is 2.32. The number of methoxy groups -OCH3 is 2. The number of carbonyl (C=O) groups excluding carboxylic acids is 1. The van der Waals surface area contributed by atoms with Crippen molar-refractivity contribution >= 4 is 11.6 Å². The van der Waals surface area contributed by atoms with E-state index in [1.54, 1.807) is 20.3 Å². The van der Waals surface area contributed by atoms with E-state index in [0.29, 0.717) is 30.0 Å². The molecule has 1 aromatic carbocycles. The van der Waals surface area contributed by atoms with Gasteiger partial charge in [-0.3, -0.25) is 4.79 Å². The number of piperidine rings is 1. The number of benzene rings is 1. The van der Waals surface area contributed by atoms with Crippen molar-refractivity contribution in [2.75, 3.05) is 33.0 Å². The van der Waals surface area contributed by atoms with Gasteiger partial charge in [0.25, 0.3) is 0 Å². The Morgan fingerprint density at radius 2 is 1.82 bits per heavy atom. The molecule has 5 heteroatoms. The maximum absolute atomic E-state index is 12.3. The summed E-state index contributed by atoms with van der Waals surface area (Å²) in [6.07, 6.45) is 3.31. The van der Waals surface area contributed by atoms with Gasteiger partial charge >= 0.3 is 0 Å². The first kappa shape index (κ1) is 16.5. The van der Waals surface area contributed by atoms with Crippen LogP contribution in [0, 0.1) is 5.92 Å². The number of nitrogens with zero attached hydrogens (tertiary/aromatic N) is 1. The third kappa shape index (κ3) is 3.84. The molecule has 0 saturated carbocycles. The lowest BCUT2D eigenvalue weighted by molar-refractivity contribution is -0.132. The minimum absolute atomic E-state index is 0.209. The van der Waals surface area contributed by atoms with Crippen LogP contribution in [-0.2, 0) is 11.2 Å². The van der Waals surface area contributed by atoms with Crippen molar-refractivity contribution in [1.82, 2.24) is 4.90 Å². The molecule has 0 spiro atoms. The number of aryl methyl sites for hydroxylation is 1. The molecule has 2 N–H and O–H groups in total. The van der Waals surface area contributed by atoms with Crippen molar-refractivity contribution in [3.63, 3.8) is 0 Å². The molecular weight excluding hydrogens is 280 g/mol. The van der Waals surface area contributed by atoms with Crippen molar-refractivity contribution in [3.05, 3.63) is 17.7 Å². The van der Waals surface area contributed by atoms with Gasteiger partial charge in [0.05, 0.1) is 14.2 Å². The Morgan fingerprint density at radius 1 is 1.23 bits per heavy atom. The molecule has 0 atom stereocenters. The zero-order valence-electron chi connectivity index (χ0n) is 13.7. The number of likely N-dealkylation sites (tertiary alicyclic amines) is 1. The molecule has 1 heterocycles. The molecule has 1 amide bonds. The molecular formula is C17H26N2O3. The number of hydrogen-bond acceptors (Lipinski definition) is 4. The second-order valence-corrected chi connectivity index (χ2v) is 5.97. The Kier molecular flexibility index (Phi) is 5.52. The molecule has 1 aromatic rings. The fourth-order valence-corrected chi connectivity index (χ4v) is 2.81. The molecule has 0 bridgehead atoms. The Hall–Kier alpha value is -1.91. The van der Waals surface area contributed by atoms with E-state index in [1.165, 1.54) is 0 Å². The highest BCUT2D eigenvalue weighted by Gasteiger charge is 2.20. The van der Waals surface area contributed by atoms with Gasteiger partial charge in [0.15, 0.2) is 11.5 Å². The number of nitrogens with two attached hydrogens (primary N) is 1. The first-order valence-corrected chi connectivity index (χ1v) is 7.83. The molecule has 1 saturated heterocycles. The van der Waals surface area contributed by atoms with Gasteiger partial charge < -0.3 is 20.1 Å². The lowest BCUT2D eigenvalue weighted by Gasteiger charge is -2.30. The normalized spacial score (nSPS) is 15.7. The number of anilines is 1. The smallest absolute Gasteiger partial charge is 0.222 e. The van der Waals surface area contributed by atoms with Crippen LogP contribution < -0.4 is 15.2 Å². The van der Waals surface area contributed by atoms with Crippen LogP contribution in [-0.4, -0.2) is 38.1 Å². The minimum Gasteiger partial charge on any atom is -0.493 e. The Morgan fingerprint density at radius 3 is 2.41 bits per heavy atom. The zero-order valence-corrected chi connectivity index (χ0v) is 13.7. The van der Waals surface area contributed by atoms with Gasteiger partial charge in [-0.25, -0.2) is 0 Å². The first-order chi connectivity index (χ1) is 10.5. The van der Waals surface area contributed by atoms with E-state index in [0.717, 1.165) is 37.4 Å². The predicted molar refractivity (Wildman–Crippen MR) is 87.3 cm³/mol. The zero-order chi connectivity index (χ0) is 16.1. The molecule has 0 aromatic heterocycles. The molecule has 1 aliphatic heterocycles. The Bertz CT molecular complexity index is 523. The molecule has 1 fully saturated rings. The highest BCUT2D eigenvalue weighted by atomic mass is 16.5. The van der Waals surface area contributed by atoms with Crippen molar-refractivity contribution in [1.29, 1.82) is 0 Å². The van der Waals surface area contributed by atoms with Gasteiger partial charge in [-0.15, -0.1) is 0 Å². The average molecular weight is 306 g/mol. The molecule has 2 rings (SSSR count). The Balaban J connectivity index is 1.97. The summed E-state index contributed by atoms with van der Waals surface area (Å²) in [5.74, 6) is 2.19. The maximum atomic E-state index is 12.3. The van der Waals surface area contributed by atoms with E-state index in [2.05, 4.69) is 6.92 Å². The largest absolute Gasteiger partial charge is 0.493 e. The summed E-state index contributed by atoms with van der Waals surface area (Å²) in [6, 6.07) is 3.61. The molecule has 0 unspecified atom stereocenters. The molecule has 122 valence electrons. The quantitative estimate of drug-likeness (QED) is 0.849. The van der Waals surface area contributed by atoms with Crippen molar-refractivity contribution in [2.24, 2.45) is 5.92 Å². The molecule has 5 nitrogen and oxygen atoms in total. The topological polar surface area (TPSA) is 64.8 Å². The second kappa shape index (κ2) is 7.38. The molecule has 22 heavy (non-hydrogen) atoms. The standard InChI is InChI=1S/C17H26N2O3/c1-12-6-8-19(9-7-12)17(20)5-4-13-10-15(21-2)16(22-3)11-14(13)18/h10-12H,4-9,18H2,1-3H3. The van der Waals surface area contributed by atoms with Crippen molar-refractivity contribution < 1.29 is 14.3 Å². The van der Waals surface area contributed by atoms with Crippen LogP contribution in [0.4, 0.5) is 5.69 Å². The van der Waals surface area contributed by atoms with Crippen LogP contribution >= 0.6 is 0 Å². The van der Waals surface area contributed by atoms with Gasteiger partial charge in [0.1, 0.15) is 0 Å². The molecule has 0 radical (unpaired) electrons. The van der Waals surface area contributed by atoms with Crippen LogP contribution in [0.25, 0.3) is 0 Å². The molecule has 0 aliphatic carbocycles. The lowest BCUT2D eigenvalue weighted by atomic mass is 9.98. The average Bonchev–Trinajstić information content (AvgIpc) is 2.53. The summed E-state index contributed by atoms with van der Waals surface area (Å²) >= 11 is 0. The monoisotopic (exact) mass is 306 g/mol. The van der Waals surface area contributed by atoms with Crippen LogP contribution in [0.2, 0.25) is 0 Å². The number of hydrogen-bond donors (Lipinski definition) is 1. The summed E-state index contributed by atoms with van der Waals surface area (Å²) in [5, 5.41) is 0. The number of carbonyl (C=O) groups is 1. The highest BCUT2D eigenvalue weighted by molar-refractivity contribution is 5.77. The van der Waals surface area contributed by atoms with Gasteiger partial charge in [0.2, 0.25) is 5.91 Å². The second-order valence-electron chi connectivity index (χ2n) is 5.97. The van der Waals surface area contributed by atoms with Crippen molar-refractivity contribution in [2.45, 2.75) is 32.6 Å². The third-order valence-corrected chi connectivity index (χ3v) is 4.39. The maximum Gasteiger partial charge on any atom is 0.222 e. The SMILES string of the molecule is COc1cc(N)c(CCC(=O)N2CCC(C)CC2)cc1OC. The fraction of sp³-hybridized carbons (Fsp3) is 0.588. The van der Waals surface area contributed by atoms with Gasteiger partial charge in [-0.2, -0.15) is 0 Å². The Labute approximate surface area is 132 Å². The number of ether oxygens (including phenoxy) is 2.